The highest BCUT2D eigenvalue weighted by atomic mass is 16.2. The molecule has 1 aromatic carbocycles. The van der Waals surface area contributed by atoms with Crippen molar-refractivity contribution in [1.29, 1.82) is 0 Å². The Morgan fingerprint density at radius 1 is 1.32 bits per heavy atom. The van der Waals surface area contributed by atoms with Crippen molar-refractivity contribution in [3.8, 4) is 0 Å². The van der Waals surface area contributed by atoms with E-state index in [0.717, 1.165) is 10.7 Å². The van der Waals surface area contributed by atoms with Crippen LogP contribution in [0.5, 0.6) is 0 Å². The van der Waals surface area contributed by atoms with Crippen molar-refractivity contribution < 1.29 is 14.4 Å². The van der Waals surface area contributed by atoms with Gasteiger partial charge in [-0.2, -0.15) is 0 Å². The molecule has 0 bridgehead atoms. The molecule has 1 aliphatic heterocycles. The molecule has 0 spiro atoms. The van der Waals surface area contributed by atoms with Gasteiger partial charge in [0.1, 0.15) is 5.92 Å². The fourth-order valence-electron chi connectivity index (χ4n) is 1.93. The number of anilines is 1. The number of para-hydroxylation sites is 1. The summed E-state index contributed by atoms with van der Waals surface area (Å²) < 4.78 is 0. The molecule has 6 heteroatoms. The summed E-state index contributed by atoms with van der Waals surface area (Å²) >= 11 is 0. The van der Waals surface area contributed by atoms with E-state index in [2.05, 4.69) is 5.43 Å². The summed E-state index contributed by atoms with van der Waals surface area (Å²) in [5.74, 6) is -2.00. The maximum atomic E-state index is 12.1. The molecule has 2 rings (SSSR count). The van der Waals surface area contributed by atoms with Crippen molar-refractivity contribution in [2.45, 2.75) is 6.42 Å². The number of rotatable bonds is 3. The Kier molecular flexibility index (Phi) is 3.50. The summed E-state index contributed by atoms with van der Waals surface area (Å²) in [6.07, 6.45) is -0.125. The lowest BCUT2D eigenvalue weighted by Crippen LogP contribution is -2.32. The smallest absolute Gasteiger partial charge is 0.253 e. The maximum absolute atomic E-state index is 12.1. The van der Waals surface area contributed by atoms with Crippen molar-refractivity contribution in [3.63, 3.8) is 0 Å². The van der Waals surface area contributed by atoms with Crippen LogP contribution in [0.4, 0.5) is 5.69 Å². The molecule has 0 radical (unpaired) electrons. The molecule has 1 aliphatic rings. The lowest BCUT2D eigenvalue weighted by atomic mass is 10.0. The summed E-state index contributed by atoms with van der Waals surface area (Å²) in [7, 11) is 3.09. The van der Waals surface area contributed by atoms with E-state index >= 15 is 0 Å². The third kappa shape index (κ3) is 2.57. The quantitative estimate of drug-likeness (QED) is 0.788. The van der Waals surface area contributed by atoms with Crippen LogP contribution in [-0.2, 0) is 14.4 Å². The van der Waals surface area contributed by atoms with E-state index in [9.17, 15) is 14.4 Å². The van der Waals surface area contributed by atoms with Gasteiger partial charge in [0.05, 0.1) is 0 Å². The van der Waals surface area contributed by atoms with E-state index in [0.29, 0.717) is 0 Å². The third-order valence-electron chi connectivity index (χ3n) is 3.12. The molecule has 6 nitrogen and oxygen atoms in total. The van der Waals surface area contributed by atoms with Gasteiger partial charge >= 0.3 is 0 Å². The number of nitrogens with one attached hydrogen (secondary N) is 1. The molecule has 100 valence electrons. The number of hydrogen-bond acceptors (Lipinski definition) is 3. The average Bonchev–Trinajstić information content (AvgIpc) is 2.65. The summed E-state index contributed by atoms with van der Waals surface area (Å²) in [6.45, 7) is 0. The van der Waals surface area contributed by atoms with Crippen LogP contribution >= 0.6 is 0 Å². The second kappa shape index (κ2) is 5.09. The average molecular weight is 261 g/mol. The molecule has 1 atom stereocenters. The largest absolute Gasteiger partial charge is 0.315 e. The van der Waals surface area contributed by atoms with Crippen molar-refractivity contribution in [2.24, 2.45) is 5.92 Å². The highest BCUT2D eigenvalue weighted by molar-refractivity contribution is 6.09. The Bertz CT molecular complexity index is 515. The van der Waals surface area contributed by atoms with Gasteiger partial charge in [-0.15, -0.1) is 0 Å². The predicted molar refractivity (Wildman–Crippen MR) is 68.9 cm³/mol. The van der Waals surface area contributed by atoms with Gasteiger partial charge in [-0.1, -0.05) is 18.2 Å². The standard InChI is InChI=1S/C13H15N3O3/c1-15(9-6-4-3-5-7-9)11(17)8-10-12(18)14-16(2)13(10)19/h3-7,10H,8H2,1-2H3,(H,14,18). The zero-order valence-electron chi connectivity index (χ0n) is 10.8. The number of carbonyl (C=O) groups excluding carboxylic acids is 3. The predicted octanol–water partition coefficient (Wildman–Crippen LogP) is 0.159. The zero-order chi connectivity index (χ0) is 14.0. The highest BCUT2D eigenvalue weighted by Gasteiger charge is 2.39. The lowest BCUT2D eigenvalue weighted by Gasteiger charge is -2.18. The number of hydrazine groups is 1. The van der Waals surface area contributed by atoms with E-state index in [4.69, 9.17) is 0 Å². The van der Waals surface area contributed by atoms with Crippen LogP contribution in [-0.4, -0.2) is 36.8 Å². The van der Waals surface area contributed by atoms with Gasteiger partial charge in [0.25, 0.3) is 11.8 Å². The molecule has 1 saturated heterocycles. The monoisotopic (exact) mass is 261 g/mol. The van der Waals surface area contributed by atoms with E-state index < -0.39 is 11.8 Å². The first-order valence-electron chi connectivity index (χ1n) is 5.90. The topological polar surface area (TPSA) is 69.7 Å². The van der Waals surface area contributed by atoms with Crippen molar-refractivity contribution in [1.82, 2.24) is 10.4 Å². The fraction of sp³-hybridized carbons (Fsp3) is 0.308. The molecule has 1 N–H and O–H groups in total. The van der Waals surface area contributed by atoms with Crippen LogP contribution in [0.2, 0.25) is 0 Å². The van der Waals surface area contributed by atoms with Gasteiger partial charge in [-0.3, -0.25) is 24.8 Å². The molecule has 1 aromatic rings. The second-order valence-electron chi connectivity index (χ2n) is 4.42. The summed E-state index contributed by atoms with van der Waals surface area (Å²) in [5.41, 5.74) is 3.10. The van der Waals surface area contributed by atoms with Crippen LogP contribution in [0.1, 0.15) is 6.42 Å². The number of hydrogen-bond donors (Lipinski definition) is 1. The van der Waals surface area contributed by atoms with E-state index in [1.165, 1.54) is 11.9 Å². The van der Waals surface area contributed by atoms with Crippen molar-refractivity contribution in [3.05, 3.63) is 30.3 Å². The van der Waals surface area contributed by atoms with E-state index in [-0.39, 0.29) is 18.2 Å². The number of carbonyl (C=O) groups is 3. The maximum Gasteiger partial charge on any atom is 0.253 e. The Hall–Kier alpha value is -2.37. The van der Waals surface area contributed by atoms with Gasteiger partial charge in [0.15, 0.2) is 0 Å². The van der Waals surface area contributed by atoms with E-state index in [1.54, 1.807) is 19.2 Å². The van der Waals surface area contributed by atoms with E-state index in [1.807, 2.05) is 18.2 Å². The fourth-order valence-corrected chi connectivity index (χ4v) is 1.93. The van der Waals surface area contributed by atoms with Crippen molar-refractivity contribution >= 4 is 23.4 Å². The summed E-state index contributed by atoms with van der Waals surface area (Å²) in [6, 6.07) is 9.08. The van der Waals surface area contributed by atoms with Crippen LogP contribution in [0.3, 0.4) is 0 Å². The number of nitrogens with zero attached hydrogens (tertiary/aromatic N) is 2. The van der Waals surface area contributed by atoms with Gasteiger partial charge in [-0.05, 0) is 12.1 Å². The van der Waals surface area contributed by atoms with Crippen molar-refractivity contribution in [2.75, 3.05) is 19.0 Å². The molecule has 1 heterocycles. The minimum absolute atomic E-state index is 0.125. The van der Waals surface area contributed by atoms with Crippen LogP contribution in [0.15, 0.2) is 30.3 Å². The molecule has 1 fully saturated rings. The Morgan fingerprint density at radius 3 is 2.47 bits per heavy atom. The van der Waals surface area contributed by atoms with Gasteiger partial charge in [0, 0.05) is 26.2 Å². The lowest BCUT2D eigenvalue weighted by molar-refractivity contribution is -0.134. The first-order chi connectivity index (χ1) is 9.00. The molecule has 3 amide bonds. The number of amides is 3. The van der Waals surface area contributed by atoms with Gasteiger partial charge in [0.2, 0.25) is 5.91 Å². The normalized spacial score (nSPS) is 18.4. The van der Waals surface area contributed by atoms with Gasteiger partial charge in [-0.25, -0.2) is 0 Å². The van der Waals surface area contributed by atoms with Crippen LogP contribution in [0, 0.1) is 5.92 Å². The first kappa shape index (κ1) is 13.1. The van der Waals surface area contributed by atoms with Crippen LogP contribution in [0.25, 0.3) is 0 Å². The Balaban J connectivity index is 2.06. The molecule has 1 unspecified atom stereocenters. The second-order valence-corrected chi connectivity index (χ2v) is 4.42. The van der Waals surface area contributed by atoms with Gasteiger partial charge < -0.3 is 4.90 Å². The molecular formula is C13H15N3O3. The highest BCUT2D eigenvalue weighted by Crippen LogP contribution is 2.18. The molecule has 0 aliphatic carbocycles. The molecule has 0 saturated carbocycles. The molecular weight excluding hydrogens is 246 g/mol. The number of benzene rings is 1. The Labute approximate surface area is 111 Å². The van der Waals surface area contributed by atoms with Crippen LogP contribution < -0.4 is 10.3 Å². The minimum atomic E-state index is -0.927. The minimum Gasteiger partial charge on any atom is -0.315 e. The SMILES string of the molecule is CN1NC(=O)C(CC(=O)N(C)c2ccccc2)C1=O. The molecule has 19 heavy (non-hydrogen) atoms. The molecule has 0 aromatic heterocycles. The first-order valence-corrected chi connectivity index (χ1v) is 5.90. The zero-order valence-corrected chi connectivity index (χ0v) is 10.8. The summed E-state index contributed by atoms with van der Waals surface area (Å²) in [4.78, 5) is 36.7. The Morgan fingerprint density at radius 2 is 1.95 bits per heavy atom. The third-order valence-corrected chi connectivity index (χ3v) is 3.12. The summed E-state index contributed by atoms with van der Waals surface area (Å²) in [5, 5.41) is 1.11.